The Labute approximate surface area is 230 Å². The van der Waals surface area contributed by atoms with Crippen LogP contribution < -0.4 is 10.1 Å². The molecule has 4 nitrogen and oxygen atoms in total. The van der Waals surface area contributed by atoms with Gasteiger partial charge in [0.05, 0.1) is 12.1 Å². The zero-order chi connectivity index (χ0) is 26.8. The van der Waals surface area contributed by atoms with Gasteiger partial charge in [0.2, 0.25) is 0 Å². The largest absolute Gasteiger partial charge is 0.494 e. The lowest BCUT2D eigenvalue weighted by Crippen LogP contribution is -2.13. The van der Waals surface area contributed by atoms with Gasteiger partial charge in [0.1, 0.15) is 11.4 Å². The molecule has 4 heteroatoms. The molecule has 38 heavy (non-hydrogen) atoms. The van der Waals surface area contributed by atoms with Gasteiger partial charge in [-0.2, -0.15) is 0 Å². The minimum atomic E-state index is -0.198. The van der Waals surface area contributed by atoms with Crippen LogP contribution in [0.25, 0.3) is 10.9 Å². The lowest BCUT2D eigenvalue weighted by Gasteiger charge is -2.09. The molecule has 0 radical (unpaired) electrons. The van der Waals surface area contributed by atoms with Gasteiger partial charge < -0.3 is 10.1 Å². The normalized spacial score (nSPS) is 11.1. The van der Waals surface area contributed by atoms with E-state index >= 15 is 0 Å². The number of carbonyl (C=O) groups is 1. The number of rotatable bonds is 19. The number of ether oxygens (including phenoxy) is 1. The predicted octanol–water partition coefficient (Wildman–Crippen LogP) is 9.91. The highest BCUT2D eigenvalue weighted by atomic mass is 16.5. The Morgan fingerprint density at radius 3 is 2.03 bits per heavy atom. The van der Waals surface area contributed by atoms with Crippen molar-refractivity contribution in [3.63, 3.8) is 0 Å². The van der Waals surface area contributed by atoms with Crippen molar-refractivity contribution >= 4 is 22.5 Å². The molecule has 1 heterocycles. The van der Waals surface area contributed by atoms with E-state index < -0.39 is 0 Å². The molecule has 0 saturated heterocycles. The maximum Gasteiger partial charge on any atom is 0.274 e. The van der Waals surface area contributed by atoms with Gasteiger partial charge in [-0.1, -0.05) is 103 Å². The first-order chi connectivity index (χ1) is 18.7. The first-order valence-corrected chi connectivity index (χ1v) is 15.1. The molecule has 3 rings (SSSR count). The van der Waals surface area contributed by atoms with Gasteiger partial charge in [-0.15, -0.1) is 0 Å². The number of aromatic nitrogens is 1. The number of hydrogen-bond acceptors (Lipinski definition) is 3. The Bertz CT molecular complexity index is 1080. The van der Waals surface area contributed by atoms with Gasteiger partial charge in [-0.25, -0.2) is 4.98 Å². The lowest BCUT2D eigenvalue weighted by molar-refractivity contribution is 0.102. The summed E-state index contributed by atoms with van der Waals surface area (Å²) in [6, 6.07) is 17.8. The fourth-order valence-electron chi connectivity index (χ4n) is 4.82. The van der Waals surface area contributed by atoms with Crippen molar-refractivity contribution in [2.45, 2.75) is 110 Å². The van der Waals surface area contributed by atoms with Crippen molar-refractivity contribution in [2.75, 3.05) is 11.9 Å². The van der Waals surface area contributed by atoms with Gasteiger partial charge in [-0.3, -0.25) is 4.79 Å². The monoisotopic (exact) mass is 516 g/mol. The molecule has 1 amide bonds. The number of anilines is 1. The highest BCUT2D eigenvalue weighted by molar-refractivity contribution is 6.04. The van der Waals surface area contributed by atoms with E-state index in [2.05, 4.69) is 36.3 Å². The van der Waals surface area contributed by atoms with E-state index in [0.29, 0.717) is 5.69 Å². The summed E-state index contributed by atoms with van der Waals surface area (Å²) in [5.41, 5.74) is 3.37. The van der Waals surface area contributed by atoms with Crippen molar-refractivity contribution in [1.82, 2.24) is 4.98 Å². The zero-order valence-corrected chi connectivity index (χ0v) is 23.8. The van der Waals surface area contributed by atoms with Crippen LogP contribution in [-0.2, 0) is 6.42 Å². The van der Waals surface area contributed by atoms with E-state index in [-0.39, 0.29) is 5.91 Å². The average Bonchev–Trinajstić information content (AvgIpc) is 2.94. The van der Waals surface area contributed by atoms with Gasteiger partial charge in [-0.05, 0) is 67.3 Å². The first-order valence-electron chi connectivity index (χ1n) is 15.1. The fraction of sp³-hybridized carbons (Fsp3) is 0.529. The number of hydrogen-bond donors (Lipinski definition) is 1. The van der Waals surface area contributed by atoms with Crippen LogP contribution in [0.1, 0.15) is 120 Å². The topological polar surface area (TPSA) is 51.2 Å². The van der Waals surface area contributed by atoms with Gasteiger partial charge in [0.15, 0.2) is 0 Å². The van der Waals surface area contributed by atoms with Gasteiger partial charge in [0.25, 0.3) is 5.91 Å². The highest BCUT2D eigenvalue weighted by Crippen LogP contribution is 2.20. The molecular formula is C34H48N2O2. The SMILES string of the molecule is CCCCCCCCCCc1ccc2nc(C(=O)Nc3ccc(OCCCCCCCC)cc3)ccc2c1. The Kier molecular flexibility index (Phi) is 13.7. The van der Waals surface area contributed by atoms with Crippen molar-refractivity contribution in [2.24, 2.45) is 0 Å². The summed E-state index contributed by atoms with van der Waals surface area (Å²) in [4.78, 5) is 17.4. The van der Waals surface area contributed by atoms with Gasteiger partial charge >= 0.3 is 0 Å². The van der Waals surface area contributed by atoms with Crippen molar-refractivity contribution in [3.05, 3.63) is 65.9 Å². The number of amides is 1. The second-order valence-electron chi connectivity index (χ2n) is 10.5. The van der Waals surface area contributed by atoms with Crippen molar-refractivity contribution in [3.8, 4) is 5.75 Å². The molecule has 2 aromatic carbocycles. The molecule has 0 aliphatic carbocycles. The van der Waals surface area contributed by atoms with Crippen LogP contribution in [0.4, 0.5) is 5.69 Å². The summed E-state index contributed by atoms with van der Waals surface area (Å²) in [5.74, 6) is 0.638. The third-order valence-electron chi connectivity index (χ3n) is 7.18. The summed E-state index contributed by atoms with van der Waals surface area (Å²) in [6.07, 6.45) is 19.3. The Morgan fingerprint density at radius 1 is 0.711 bits per heavy atom. The minimum absolute atomic E-state index is 0.198. The molecule has 0 aliphatic heterocycles. The lowest BCUT2D eigenvalue weighted by atomic mass is 10.0. The fourth-order valence-corrected chi connectivity index (χ4v) is 4.82. The van der Waals surface area contributed by atoms with Crippen LogP contribution >= 0.6 is 0 Å². The Balaban J connectivity index is 1.41. The van der Waals surface area contributed by atoms with Crippen LogP contribution in [0.3, 0.4) is 0 Å². The summed E-state index contributed by atoms with van der Waals surface area (Å²) in [6.45, 7) is 5.24. The summed E-state index contributed by atoms with van der Waals surface area (Å²) in [5, 5.41) is 4.04. The molecule has 0 aliphatic rings. The van der Waals surface area contributed by atoms with Crippen molar-refractivity contribution in [1.29, 1.82) is 0 Å². The molecule has 0 fully saturated rings. The zero-order valence-electron chi connectivity index (χ0n) is 23.8. The Morgan fingerprint density at radius 2 is 1.34 bits per heavy atom. The number of fused-ring (bicyclic) bond motifs is 1. The second kappa shape index (κ2) is 17.6. The smallest absolute Gasteiger partial charge is 0.274 e. The minimum Gasteiger partial charge on any atom is -0.494 e. The van der Waals surface area contributed by atoms with E-state index in [1.165, 1.54) is 89.0 Å². The molecule has 3 aromatic rings. The third kappa shape index (κ3) is 10.8. The number of benzene rings is 2. The van der Waals surface area contributed by atoms with Crippen molar-refractivity contribution < 1.29 is 9.53 Å². The quantitative estimate of drug-likeness (QED) is 0.161. The summed E-state index contributed by atoms with van der Waals surface area (Å²) < 4.78 is 5.84. The summed E-state index contributed by atoms with van der Waals surface area (Å²) in [7, 11) is 0. The number of nitrogens with one attached hydrogen (secondary N) is 1. The van der Waals surface area contributed by atoms with Crippen LogP contribution in [0, 0.1) is 0 Å². The molecule has 0 unspecified atom stereocenters. The maximum atomic E-state index is 12.8. The highest BCUT2D eigenvalue weighted by Gasteiger charge is 2.09. The van der Waals surface area contributed by atoms with Crippen LogP contribution in [0.5, 0.6) is 5.75 Å². The molecule has 1 N–H and O–H groups in total. The molecule has 0 atom stereocenters. The standard InChI is InChI=1S/C34H48N2O2/c1-3-5-7-9-11-12-13-15-17-28-18-24-32-29(27-28)19-25-33(36-32)34(37)35-30-20-22-31(23-21-30)38-26-16-14-10-8-6-4-2/h18-25,27H,3-17,26H2,1-2H3,(H,35,37). The van der Waals surface area contributed by atoms with E-state index in [4.69, 9.17) is 4.74 Å². The van der Waals surface area contributed by atoms with E-state index in [1.54, 1.807) is 0 Å². The summed E-state index contributed by atoms with van der Waals surface area (Å²) >= 11 is 0. The van der Waals surface area contributed by atoms with E-state index in [1.807, 2.05) is 42.5 Å². The van der Waals surface area contributed by atoms with E-state index in [9.17, 15) is 4.79 Å². The predicted molar refractivity (Wildman–Crippen MR) is 161 cm³/mol. The molecule has 1 aromatic heterocycles. The second-order valence-corrected chi connectivity index (χ2v) is 10.5. The molecule has 0 saturated carbocycles. The van der Waals surface area contributed by atoms with Crippen LogP contribution in [0.2, 0.25) is 0 Å². The maximum absolute atomic E-state index is 12.8. The van der Waals surface area contributed by atoms with Crippen LogP contribution in [0.15, 0.2) is 54.6 Å². The molecular weight excluding hydrogens is 468 g/mol. The molecule has 0 bridgehead atoms. The first kappa shape index (κ1) is 29.7. The number of unbranched alkanes of at least 4 members (excludes halogenated alkanes) is 12. The molecule has 206 valence electrons. The average molecular weight is 517 g/mol. The van der Waals surface area contributed by atoms with Gasteiger partial charge in [0, 0.05) is 11.1 Å². The number of nitrogens with zero attached hydrogens (tertiary/aromatic N) is 1. The number of carbonyl (C=O) groups excluding carboxylic acids is 1. The van der Waals surface area contributed by atoms with E-state index in [0.717, 1.165) is 41.8 Å². The number of pyridine rings is 1. The molecule has 0 spiro atoms. The van der Waals surface area contributed by atoms with Crippen LogP contribution in [-0.4, -0.2) is 17.5 Å². The Hall–Kier alpha value is -2.88. The third-order valence-corrected chi connectivity index (χ3v) is 7.18. The number of aryl methyl sites for hydroxylation is 1.